The first-order valence-electron chi connectivity index (χ1n) is 3.30. The lowest BCUT2D eigenvalue weighted by Gasteiger charge is -2.00. The van der Waals surface area contributed by atoms with Gasteiger partial charge in [-0.2, -0.15) is 0 Å². The van der Waals surface area contributed by atoms with Gasteiger partial charge >= 0.3 is 0 Å². The second kappa shape index (κ2) is 2.20. The molecule has 2 aromatic heterocycles. The lowest BCUT2D eigenvalue weighted by Crippen LogP contribution is -2.26. The van der Waals surface area contributed by atoms with Crippen LogP contribution in [-0.4, -0.2) is 5.10 Å². The molecule has 3 nitrogen and oxygen atoms in total. The van der Waals surface area contributed by atoms with Crippen molar-refractivity contribution in [1.29, 1.82) is 0 Å². The van der Waals surface area contributed by atoms with E-state index in [1.54, 1.807) is 16.8 Å². The lowest BCUT2D eigenvalue weighted by atomic mass is 10.3. The Balaban J connectivity index is 2.91. The highest BCUT2D eigenvalue weighted by atomic mass is 16.3. The SMILES string of the molecule is [O-]c1ccn[n+]2ccccc12. The first-order chi connectivity index (χ1) is 5.38. The number of hydrogen-bond donors (Lipinski definition) is 0. The first-order valence-corrected chi connectivity index (χ1v) is 3.30. The molecule has 0 bridgehead atoms. The molecule has 3 heteroatoms. The smallest absolute Gasteiger partial charge is 0.230 e. The van der Waals surface area contributed by atoms with E-state index in [1.807, 2.05) is 12.1 Å². The van der Waals surface area contributed by atoms with Crippen molar-refractivity contribution >= 4 is 5.52 Å². The van der Waals surface area contributed by atoms with Gasteiger partial charge in [-0.05, 0) is 23.0 Å². The minimum atomic E-state index is 0.000556. The van der Waals surface area contributed by atoms with Crippen LogP contribution in [0.1, 0.15) is 0 Å². The first kappa shape index (κ1) is 6.09. The summed E-state index contributed by atoms with van der Waals surface area (Å²) in [6, 6.07) is 6.85. The molecule has 2 heterocycles. The van der Waals surface area contributed by atoms with Crippen molar-refractivity contribution in [3.8, 4) is 5.75 Å². The number of aromatic nitrogens is 2. The van der Waals surface area contributed by atoms with Crippen LogP contribution < -0.4 is 9.62 Å². The number of pyridine rings is 1. The van der Waals surface area contributed by atoms with E-state index in [4.69, 9.17) is 0 Å². The van der Waals surface area contributed by atoms with Crippen molar-refractivity contribution in [3.63, 3.8) is 0 Å². The van der Waals surface area contributed by atoms with E-state index < -0.39 is 0 Å². The van der Waals surface area contributed by atoms with Crippen molar-refractivity contribution in [3.05, 3.63) is 36.7 Å². The molecular weight excluding hydrogens is 140 g/mol. The molecule has 0 aliphatic heterocycles. The van der Waals surface area contributed by atoms with Gasteiger partial charge in [0.1, 0.15) is 0 Å². The number of rotatable bonds is 0. The average molecular weight is 146 g/mol. The van der Waals surface area contributed by atoms with Gasteiger partial charge in [0.05, 0.1) is 6.20 Å². The number of nitrogens with zero attached hydrogens (tertiary/aromatic N) is 2. The Morgan fingerprint density at radius 1 is 1.27 bits per heavy atom. The normalized spacial score (nSPS) is 10.2. The van der Waals surface area contributed by atoms with E-state index in [0.717, 1.165) is 0 Å². The predicted molar refractivity (Wildman–Crippen MR) is 36.8 cm³/mol. The lowest BCUT2D eigenvalue weighted by molar-refractivity contribution is -0.583. The van der Waals surface area contributed by atoms with Crippen LogP contribution in [0.15, 0.2) is 36.7 Å². The molecule has 11 heavy (non-hydrogen) atoms. The van der Waals surface area contributed by atoms with Crippen LogP contribution in [0, 0.1) is 0 Å². The third-order valence-electron chi connectivity index (χ3n) is 1.51. The molecule has 0 unspecified atom stereocenters. The van der Waals surface area contributed by atoms with E-state index in [1.165, 1.54) is 12.3 Å². The van der Waals surface area contributed by atoms with E-state index >= 15 is 0 Å². The van der Waals surface area contributed by atoms with Crippen molar-refractivity contribution in [2.75, 3.05) is 0 Å². The van der Waals surface area contributed by atoms with Crippen LogP contribution in [0.4, 0.5) is 0 Å². The molecule has 0 saturated heterocycles. The summed E-state index contributed by atoms with van der Waals surface area (Å²) < 4.78 is 1.56. The molecule has 0 saturated carbocycles. The highest BCUT2D eigenvalue weighted by molar-refractivity contribution is 5.50. The highest BCUT2D eigenvalue weighted by Crippen LogP contribution is 2.05. The summed E-state index contributed by atoms with van der Waals surface area (Å²) in [5.74, 6) is 0.000556. The molecule has 2 aromatic rings. The summed E-state index contributed by atoms with van der Waals surface area (Å²) in [5, 5.41) is 15.1. The molecule has 0 aromatic carbocycles. The fourth-order valence-corrected chi connectivity index (χ4v) is 0.989. The summed E-state index contributed by atoms with van der Waals surface area (Å²) in [5.41, 5.74) is 0.606. The van der Waals surface area contributed by atoms with Crippen molar-refractivity contribution in [2.45, 2.75) is 0 Å². The topological polar surface area (TPSA) is 40.1 Å². The molecule has 54 valence electrons. The maximum absolute atomic E-state index is 11.1. The molecule has 0 atom stereocenters. The zero-order valence-electron chi connectivity index (χ0n) is 5.77. The van der Waals surface area contributed by atoms with Gasteiger partial charge in [0.15, 0.2) is 0 Å². The summed E-state index contributed by atoms with van der Waals surface area (Å²) in [7, 11) is 0. The Labute approximate surface area is 63.5 Å². The number of fused-ring (bicyclic) bond motifs is 1. The van der Waals surface area contributed by atoms with Crippen molar-refractivity contribution in [1.82, 2.24) is 5.10 Å². The van der Waals surface area contributed by atoms with Gasteiger partial charge in [0.25, 0.3) is 0 Å². The van der Waals surface area contributed by atoms with E-state index in [9.17, 15) is 5.11 Å². The molecular formula is C8H6N2O. The Morgan fingerprint density at radius 2 is 2.18 bits per heavy atom. The fraction of sp³-hybridized carbons (Fsp3) is 0. The highest BCUT2D eigenvalue weighted by Gasteiger charge is 1.98. The Bertz CT molecular complexity index is 381. The van der Waals surface area contributed by atoms with Crippen LogP contribution in [0.2, 0.25) is 0 Å². The average Bonchev–Trinajstić information content (AvgIpc) is 2.06. The van der Waals surface area contributed by atoms with Crippen molar-refractivity contribution < 1.29 is 9.62 Å². The fourth-order valence-electron chi connectivity index (χ4n) is 0.989. The third kappa shape index (κ3) is 0.902. The number of hydrogen-bond acceptors (Lipinski definition) is 2. The molecule has 0 aliphatic carbocycles. The predicted octanol–water partition coefficient (Wildman–Crippen LogP) is -0.106. The second-order valence-electron chi connectivity index (χ2n) is 2.23. The van der Waals surface area contributed by atoms with Crippen LogP contribution in [0.25, 0.3) is 5.52 Å². The minimum absolute atomic E-state index is 0.000556. The molecule has 0 radical (unpaired) electrons. The van der Waals surface area contributed by atoms with Crippen molar-refractivity contribution in [2.24, 2.45) is 0 Å². The van der Waals surface area contributed by atoms with Gasteiger partial charge in [-0.25, -0.2) is 0 Å². The molecule has 2 rings (SSSR count). The summed E-state index contributed by atoms with van der Waals surface area (Å²) in [6.07, 6.45) is 3.24. The Kier molecular flexibility index (Phi) is 1.22. The molecule has 0 N–H and O–H groups in total. The molecule has 0 amide bonds. The van der Waals surface area contributed by atoms with Crippen LogP contribution in [-0.2, 0) is 0 Å². The molecule has 0 fully saturated rings. The monoisotopic (exact) mass is 146 g/mol. The summed E-state index contributed by atoms with van der Waals surface area (Å²) in [6.45, 7) is 0. The quantitative estimate of drug-likeness (QED) is 0.487. The van der Waals surface area contributed by atoms with Gasteiger partial charge in [-0.1, -0.05) is 4.52 Å². The Hall–Kier alpha value is -1.64. The third-order valence-corrected chi connectivity index (χ3v) is 1.51. The van der Waals surface area contributed by atoms with Crippen LogP contribution in [0.3, 0.4) is 0 Å². The zero-order valence-corrected chi connectivity index (χ0v) is 5.77. The van der Waals surface area contributed by atoms with E-state index in [0.29, 0.717) is 5.52 Å². The standard InChI is InChI=1S/C8H6N2O/c11-8-4-5-9-10-6-2-1-3-7(8)10/h1-6H. The molecule has 0 spiro atoms. The van der Waals surface area contributed by atoms with Gasteiger partial charge in [-0.3, -0.25) is 0 Å². The zero-order chi connectivity index (χ0) is 7.68. The van der Waals surface area contributed by atoms with Crippen LogP contribution in [0.5, 0.6) is 5.75 Å². The largest absolute Gasteiger partial charge is 0.868 e. The summed E-state index contributed by atoms with van der Waals surface area (Å²) >= 11 is 0. The van der Waals surface area contributed by atoms with E-state index in [2.05, 4.69) is 5.10 Å². The van der Waals surface area contributed by atoms with Crippen LogP contribution >= 0.6 is 0 Å². The summed E-state index contributed by atoms with van der Waals surface area (Å²) in [4.78, 5) is 0. The second-order valence-corrected chi connectivity index (χ2v) is 2.23. The Morgan fingerprint density at radius 3 is 3.00 bits per heavy atom. The van der Waals surface area contributed by atoms with Gasteiger partial charge in [0, 0.05) is 12.1 Å². The van der Waals surface area contributed by atoms with Gasteiger partial charge < -0.3 is 5.11 Å². The molecule has 0 aliphatic rings. The maximum atomic E-state index is 11.1. The van der Waals surface area contributed by atoms with Gasteiger partial charge in [-0.15, -0.1) is 0 Å². The minimum Gasteiger partial charge on any atom is -0.868 e. The maximum Gasteiger partial charge on any atom is 0.230 e. The van der Waals surface area contributed by atoms with E-state index in [-0.39, 0.29) is 5.75 Å². The van der Waals surface area contributed by atoms with Gasteiger partial charge in [0.2, 0.25) is 11.7 Å².